The molecular formula is C65H112N21O18S+3. The number of benzene rings is 1. The molecule has 40 heteroatoms. The molecule has 2 heterocycles. The Bertz CT molecular complexity index is 3150. The van der Waals surface area contributed by atoms with E-state index in [1.807, 2.05) is 0 Å². The Morgan fingerprint density at radius 1 is 0.610 bits per heavy atom. The highest BCUT2D eigenvalue weighted by Gasteiger charge is 2.41. The van der Waals surface area contributed by atoms with Gasteiger partial charge in [0.2, 0.25) is 70.9 Å². The molecule has 1 aromatic heterocycles. The minimum absolute atomic E-state index is 0.0265. The lowest BCUT2D eigenvalue weighted by molar-refractivity contribution is -0.409. The highest BCUT2D eigenvalue weighted by Crippen LogP contribution is 2.22. The Morgan fingerprint density at radius 2 is 1.13 bits per heavy atom. The molecule has 0 unspecified atom stereocenters. The van der Waals surface area contributed by atoms with E-state index in [4.69, 9.17) is 11.5 Å². The van der Waals surface area contributed by atoms with Crippen molar-refractivity contribution in [3.63, 3.8) is 0 Å². The van der Waals surface area contributed by atoms with Crippen LogP contribution < -0.4 is 97.8 Å². The van der Waals surface area contributed by atoms with Crippen molar-refractivity contribution >= 4 is 95.4 Å². The molecule has 1 aliphatic rings. The predicted octanol–water partition coefficient (Wildman–Crippen LogP) is -10.2. The van der Waals surface area contributed by atoms with Crippen molar-refractivity contribution in [2.24, 2.45) is 17.4 Å². The number of aliphatic hydroxyl groups excluding tert-OH is 2. The van der Waals surface area contributed by atoms with Gasteiger partial charge in [-0.1, -0.05) is 26.0 Å². The number of carbonyl (C=O) groups is 14. The molecule has 588 valence electrons. The van der Waals surface area contributed by atoms with Gasteiger partial charge in [-0.25, -0.2) is 9.78 Å². The Labute approximate surface area is 614 Å². The highest BCUT2D eigenvalue weighted by molar-refractivity contribution is 7.80. The number of aliphatic carboxylic acids is 1. The molecular weight excluding hydrogens is 1390 g/mol. The molecule has 2 aromatic rings. The van der Waals surface area contributed by atoms with E-state index in [2.05, 4.69) is 109 Å². The lowest BCUT2D eigenvalue weighted by Crippen LogP contribution is -2.71. The van der Waals surface area contributed by atoms with Gasteiger partial charge in [0.15, 0.2) is 6.04 Å². The summed E-state index contributed by atoms with van der Waals surface area (Å²) in [6.07, 6.45) is 2.81. The maximum absolute atomic E-state index is 15.0. The molecule has 0 bridgehead atoms. The topological polar surface area (TPSA) is 643 Å². The maximum Gasteiger partial charge on any atom is 0.327 e. The third-order valence-corrected chi connectivity index (χ3v) is 17.3. The fourth-order valence-corrected chi connectivity index (χ4v) is 11.2. The number of amides is 13. The number of phenols is 1. The van der Waals surface area contributed by atoms with Crippen molar-refractivity contribution in [2.75, 3.05) is 58.2 Å². The third-order valence-electron chi connectivity index (χ3n) is 16.9. The number of quaternary nitrogens is 3. The van der Waals surface area contributed by atoms with Gasteiger partial charge in [0, 0.05) is 50.5 Å². The number of unbranched alkanes of at least 4 members (excludes halogenated alkanes) is 3. The number of likely N-dealkylation sites (tertiary alicyclic amines) is 1. The van der Waals surface area contributed by atoms with Crippen molar-refractivity contribution < 1.29 is 105 Å². The Hall–Kier alpha value is -9.16. The standard InChI is InChI=1S/C65H109N21O18S/c1-35(2)52(84-51(92)31-74-50(91)30-75-61(100)53(36(3)88)85-54(93)41(68)32-87)62(101)79-43(14-7-10-24-72-37(4)89)55(94)80-45(15-6-9-23-67)63(102)86-26-12-17-49(86)60(99)82-47(28-39-29-71-34-76-39)59(98)78-44(16-11-25-73-65(69)70)56(95)81-46(27-38-18-20-40(90)21-19-38)58(97)77-42(13-5-8-22-66)57(96)83-48(33-105)64(103)104/h18-21,29,34-36,41-49,52-53,65,73,87-88,90,105H,5-17,22-28,30-33,66-70H2,1-4H3,(H,71,76)(H,72,89)(H,74,91)(H,75,100)(H,77,97)(H,78,98)(H,79,101)(H,80,94)(H,81,95)(H,82,99)(H,83,96)(H,84,92)(H,85,93)(H,103,104)/p+3/t36-,41+,42+,43+,44+,45+,46+,47+,48+,49+,52+,53+/m1/s1. The molecule has 1 saturated heterocycles. The van der Waals surface area contributed by atoms with Crippen LogP contribution in [0.15, 0.2) is 36.8 Å². The highest BCUT2D eigenvalue weighted by atomic mass is 32.1. The van der Waals surface area contributed by atoms with Crippen LogP contribution in [0, 0.1) is 5.92 Å². The van der Waals surface area contributed by atoms with E-state index in [1.54, 1.807) is 13.8 Å². The number of carbonyl (C=O) groups excluding carboxylic acids is 13. The van der Waals surface area contributed by atoms with Gasteiger partial charge in [-0.2, -0.15) is 12.6 Å². The van der Waals surface area contributed by atoms with Crippen molar-refractivity contribution in [1.29, 1.82) is 0 Å². The number of thiol groups is 1. The monoisotopic (exact) mass is 1510 g/mol. The van der Waals surface area contributed by atoms with Crippen LogP contribution in [0.25, 0.3) is 0 Å². The first-order chi connectivity index (χ1) is 49.8. The fraction of sp³-hybridized carbons (Fsp3) is 0.646. The second-order valence-corrected chi connectivity index (χ2v) is 26.3. The summed E-state index contributed by atoms with van der Waals surface area (Å²) in [5, 5.41) is 72.7. The molecule has 13 amide bonds. The Morgan fingerprint density at radius 3 is 1.66 bits per heavy atom. The molecule has 1 aliphatic heterocycles. The van der Waals surface area contributed by atoms with Crippen LogP contribution in [0.2, 0.25) is 0 Å². The van der Waals surface area contributed by atoms with E-state index in [1.165, 1.54) is 55.5 Å². The average Bonchev–Trinajstić information content (AvgIpc) is 1.75. The summed E-state index contributed by atoms with van der Waals surface area (Å²) in [6.45, 7) is 5.03. The normalized spacial score (nSPS) is 15.8. The fourth-order valence-electron chi connectivity index (χ4n) is 10.9. The van der Waals surface area contributed by atoms with Gasteiger partial charge in [0.1, 0.15) is 79.1 Å². The molecule has 3 rings (SSSR count). The third kappa shape index (κ3) is 33.2. The molecule has 0 aliphatic carbocycles. The predicted molar refractivity (Wildman–Crippen MR) is 379 cm³/mol. The number of nitrogens with one attached hydrogen (secondary N) is 14. The van der Waals surface area contributed by atoms with Crippen LogP contribution in [0.4, 0.5) is 0 Å². The second-order valence-electron chi connectivity index (χ2n) is 26.0. The SMILES string of the molecule is CC(=O)NCCCC[C@H](NC(=O)[C@@H](NC(=O)CNC(=O)CNC(=O)[C@@H](NC(=O)[C@@H]([NH3+])CO)[C@@H](C)O)C(C)C)C(=O)N[C@@H](CCCC[NH3+])C(=O)N1CCC[C@H]1C(=O)N[C@@H](Cc1cnc[nH]1)C(=O)N[C@@H](CCCNC(N)N)C(=O)N[C@@H](Cc1ccc(O)cc1)C(=O)N[C@@H](CCCC[NH3+])C(=O)N[C@@H](CS)C(=O)O. The van der Waals surface area contributed by atoms with E-state index >= 15 is 4.79 Å². The van der Waals surface area contributed by atoms with Crippen LogP contribution in [0.3, 0.4) is 0 Å². The summed E-state index contributed by atoms with van der Waals surface area (Å²) in [6, 6.07) is -9.28. The van der Waals surface area contributed by atoms with Gasteiger partial charge in [0.05, 0.1) is 38.6 Å². The summed E-state index contributed by atoms with van der Waals surface area (Å²) >= 11 is 4.04. The van der Waals surface area contributed by atoms with E-state index in [0.717, 1.165) is 0 Å². The van der Waals surface area contributed by atoms with Crippen LogP contribution in [0.5, 0.6) is 5.75 Å². The number of phenolic OH excluding ortho intramolecular Hbond substituents is 1. The largest absolute Gasteiger partial charge is 0.508 e. The van der Waals surface area contributed by atoms with Crippen LogP contribution in [-0.4, -0.2) is 255 Å². The zero-order valence-electron chi connectivity index (χ0n) is 60.1. The molecule has 1 aromatic carbocycles. The Balaban J connectivity index is 1.95. The minimum Gasteiger partial charge on any atom is -0.508 e. The summed E-state index contributed by atoms with van der Waals surface area (Å²) in [5.74, 6) is -12.8. The van der Waals surface area contributed by atoms with E-state index in [-0.39, 0.29) is 94.8 Å². The molecule has 1 fully saturated rings. The number of aromatic amines is 1. The zero-order chi connectivity index (χ0) is 78.3. The van der Waals surface area contributed by atoms with Gasteiger partial charge in [0.25, 0.3) is 5.91 Å². The number of carboxylic acids is 1. The first-order valence-electron chi connectivity index (χ1n) is 35.2. The van der Waals surface area contributed by atoms with Crippen LogP contribution in [-0.2, 0) is 80.0 Å². The lowest BCUT2D eigenvalue weighted by Gasteiger charge is -2.31. The summed E-state index contributed by atoms with van der Waals surface area (Å²) < 4.78 is 0. The number of hydrogen-bond donors (Lipinski definition) is 24. The molecule has 31 N–H and O–H groups in total. The maximum atomic E-state index is 15.0. The number of nitrogens with zero attached hydrogens (tertiary/aromatic N) is 2. The van der Waals surface area contributed by atoms with Gasteiger partial charge in [-0.3, -0.25) is 67.6 Å². The molecule has 0 saturated carbocycles. The van der Waals surface area contributed by atoms with E-state index < -0.39 is 181 Å². The number of imidazole rings is 1. The quantitative estimate of drug-likeness (QED) is 0.0166. The number of carboxylic acid groups (broad SMARTS) is 1. The first-order valence-corrected chi connectivity index (χ1v) is 35.8. The summed E-state index contributed by atoms with van der Waals surface area (Å²) in [5.41, 5.74) is 23.5. The van der Waals surface area contributed by atoms with Crippen LogP contribution in [0.1, 0.15) is 122 Å². The zero-order valence-corrected chi connectivity index (χ0v) is 61.0. The van der Waals surface area contributed by atoms with Gasteiger partial charge in [-0.15, -0.1) is 0 Å². The molecule has 12 atom stereocenters. The smallest absolute Gasteiger partial charge is 0.327 e. The van der Waals surface area contributed by atoms with Crippen molar-refractivity contribution in [3.8, 4) is 5.75 Å². The Kier molecular flexibility index (Phi) is 41.2. The van der Waals surface area contributed by atoms with Gasteiger partial charge < -0.3 is 123 Å². The number of hydrogen-bond acceptors (Lipinski definition) is 22. The molecule has 105 heavy (non-hydrogen) atoms. The number of nitrogens with two attached hydrogens (primary N) is 2. The number of aliphatic hydroxyl groups is 2. The second kappa shape index (κ2) is 48.0. The molecule has 0 spiro atoms. The summed E-state index contributed by atoms with van der Waals surface area (Å²) in [4.78, 5) is 199. The number of H-pyrrole nitrogens is 1. The van der Waals surface area contributed by atoms with Crippen molar-refractivity contribution in [2.45, 2.75) is 203 Å². The lowest BCUT2D eigenvalue weighted by atomic mass is 10.0. The summed E-state index contributed by atoms with van der Waals surface area (Å²) in [7, 11) is 0. The molecule has 39 nitrogen and oxygen atoms in total. The first kappa shape index (κ1) is 90.1. The number of aromatic hydroxyl groups is 1. The minimum atomic E-state index is -1.52. The average molecular weight is 1510 g/mol. The van der Waals surface area contributed by atoms with Crippen molar-refractivity contribution in [3.05, 3.63) is 48.0 Å². The van der Waals surface area contributed by atoms with Crippen LogP contribution >= 0.6 is 12.6 Å². The number of aromatic nitrogens is 2. The van der Waals surface area contributed by atoms with Gasteiger partial charge >= 0.3 is 5.97 Å². The van der Waals surface area contributed by atoms with E-state index in [0.29, 0.717) is 62.9 Å². The van der Waals surface area contributed by atoms with Crippen molar-refractivity contribution in [1.82, 2.24) is 84.0 Å². The van der Waals surface area contributed by atoms with E-state index in [9.17, 15) is 82.8 Å². The number of rotatable bonds is 50. The molecule has 0 radical (unpaired) electrons. The van der Waals surface area contributed by atoms with Gasteiger partial charge in [-0.05, 0) is 121 Å².